The van der Waals surface area contributed by atoms with Crippen molar-refractivity contribution in [1.82, 2.24) is 4.98 Å². The summed E-state index contributed by atoms with van der Waals surface area (Å²) in [5, 5.41) is 8.51. The molecule has 0 aliphatic heterocycles. The molecule has 1 aromatic heterocycles. The van der Waals surface area contributed by atoms with Crippen LogP contribution in [0.5, 0.6) is 0 Å². The molecule has 0 bridgehead atoms. The summed E-state index contributed by atoms with van der Waals surface area (Å²) in [5.74, 6) is -1.34. The number of carboxylic acid groups (broad SMARTS) is 1. The van der Waals surface area contributed by atoms with Crippen LogP contribution >= 0.6 is 0 Å². The molecule has 88 valence electrons. The molecule has 1 aromatic rings. The molecule has 0 atom stereocenters. The normalized spacial score (nSPS) is 11.3. The molecular weight excluding hydrogens is 230 g/mol. The molecule has 1 N–H and O–H groups in total. The van der Waals surface area contributed by atoms with Crippen molar-refractivity contribution in [1.29, 1.82) is 0 Å². The van der Waals surface area contributed by atoms with Crippen LogP contribution in [0.3, 0.4) is 0 Å². The molecule has 0 aliphatic carbocycles. The fourth-order valence-corrected chi connectivity index (χ4v) is 2.81. The zero-order chi connectivity index (χ0) is 12.2. The van der Waals surface area contributed by atoms with Crippen LogP contribution in [0.2, 0.25) is 0 Å². The second-order valence-corrected chi connectivity index (χ2v) is 5.36. The number of hydrogen-bond donors (Lipinski definition) is 1. The number of sulfone groups is 1. The van der Waals surface area contributed by atoms with Crippen molar-refractivity contribution in [3.63, 3.8) is 0 Å². The number of hydrogen-bond acceptors (Lipinski definition) is 4. The summed E-state index contributed by atoms with van der Waals surface area (Å²) >= 11 is 0. The van der Waals surface area contributed by atoms with Gasteiger partial charge in [0.25, 0.3) is 0 Å². The fourth-order valence-electron chi connectivity index (χ4n) is 1.23. The lowest BCUT2D eigenvalue weighted by molar-refractivity contribution is 0.0691. The number of unbranched alkanes of at least 4 members (excludes halogenated alkanes) is 1. The highest BCUT2D eigenvalue weighted by molar-refractivity contribution is 7.91. The first-order valence-electron chi connectivity index (χ1n) is 4.90. The Balaban J connectivity index is 3.17. The van der Waals surface area contributed by atoms with Crippen LogP contribution in [0, 0.1) is 0 Å². The Bertz CT molecular complexity index is 481. The number of pyridine rings is 1. The lowest BCUT2D eigenvalue weighted by Crippen LogP contribution is -2.14. The molecule has 0 amide bonds. The molecule has 5 nitrogen and oxygen atoms in total. The Morgan fingerprint density at radius 3 is 2.75 bits per heavy atom. The number of carbonyl (C=O) groups is 1. The second-order valence-electron chi connectivity index (χ2n) is 3.33. The molecular formula is C10H13NO4S. The van der Waals surface area contributed by atoms with Gasteiger partial charge in [-0.2, -0.15) is 0 Å². The minimum atomic E-state index is -3.59. The quantitative estimate of drug-likeness (QED) is 0.843. The number of aromatic nitrogens is 1. The maximum Gasteiger partial charge on any atom is 0.338 e. The molecule has 0 aromatic carbocycles. The van der Waals surface area contributed by atoms with Crippen LogP contribution in [0.15, 0.2) is 23.4 Å². The lowest BCUT2D eigenvalue weighted by Gasteiger charge is -2.05. The average Bonchev–Trinajstić information content (AvgIpc) is 2.26. The molecule has 0 aliphatic rings. The van der Waals surface area contributed by atoms with E-state index in [1.807, 2.05) is 6.92 Å². The van der Waals surface area contributed by atoms with E-state index in [2.05, 4.69) is 4.98 Å². The van der Waals surface area contributed by atoms with E-state index in [0.29, 0.717) is 6.42 Å². The van der Waals surface area contributed by atoms with Gasteiger partial charge in [-0.25, -0.2) is 18.2 Å². The van der Waals surface area contributed by atoms with Gasteiger partial charge in [-0.3, -0.25) is 0 Å². The highest BCUT2D eigenvalue weighted by Gasteiger charge is 2.22. The van der Waals surface area contributed by atoms with Gasteiger partial charge in [-0.05, 0) is 18.6 Å². The van der Waals surface area contributed by atoms with Crippen molar-refractivity contribution in [3.8, 4) is 0 Å². The van der Waals surface area contributed by atoms with E-state index in [0.717, 1.165) is 6.42 Å². The van der Waals surface area contributed by atoms with Crippen LogP contribution in [0.4, 0.5) is 0 Å². The largest absolute Gasteiger partial charge is 0.478 e. The highest BCUT2D eigenvalue weighted by atomic mass is 32.2. The number of carboxylic acids is 1. The average molecular weight is 243 g/mol. The molecule has 0 saturated heterocycles. The summed E-state index contributed by atoms with van der Waals surface area (Å²) in [4.78, 5) is 14.5. The smallest absolute Gasteiger partial charge is 0.338 e. The first kappa shape index (κ1) is 12.6. The van der Waals surface area contributed by atoms with E-state index in [1.54, 1.807) is 0 Å². The summed E-state index contributed by atoms with van der Waals surface area (Å²) in [6.45, 7) is 1.87. The predicted octanol–water partition coefficient (Wildman–Crippen LogP) is 1.35. The Labute approximate surface area is 94.1 Å². The Kier molecular flexibility index (Phi) is 4.00. The van der Waals surface area contributed by atoms with Gasteiger partial charge >= 0.3 is 5.97 Å². The minimum Gasteiger partial charge on any atom is -0.478 e. The molecule has 6 heteroatoms. The van der Waals surface area contributed by atoms with Gasteiger partial charge in [0.2, 0.25) is 0 Å². The molecule has 0 spiro atoms. The highest BCUT2D eigenvalue weighted by Crippen LogP contribution is 2.15. The third kappa shape index (κ3) is 2.79. The fraction of sp³-hybridized carbons (Fsp3) is 0.400. The van der Waals surface area contributed by atoms with Gasteiger partial charge in [-0.1, -0.05) is 13.3 Å². The van der Waals surface area contributed by atoms with Crippen LogP contribution in [0.1, 0.15) is 30.1 Å². The van der Waals surface area contributed by atoms with E-state index in [-0.39, 0.29) is 16.3 Å². The first-order valence-corrected chi connectivity index (χ1v) is 6.55. The Morgan fingerprint density at radius 1 is 1.50 bits per heavy atom. The van der Waals surface area contributed by atoms with Crippen molar-refractivity contribution < 1.29 is 18.3 Å². The van der Waals surface area contributed by atoms with E-state index >= 15 is 0 Å². The number of nitrogens with zero attached hydrogens (tertiary/aromatic N) is 1. The maximum absolute atomic E-state index is 11.8. The molecule has 0 fully saturated rings. The third-order valence-corrected chi connectivity index (χ3v) is 3.80. The van der Waals surface area contributed by atoms with Gasteiger partial charge in [0, 0.05) is 6.20 Å². The van der Waals surface area contributed by atoms with E-state index in [4.69, 9.17) is 5.11 Å². The SMILES string of the molecule is CCCCS(=O)(=O)c1ncccc1C(=O)O. The Morgan fingerprint density at radius 2 is 2.19 bits per heavy atom. The van der Waals surface area contributed by atoms with Crippen molar-refractivity contribution >= 4 is 15.8 Å². The van der Waals surface area contributed by atoms with Gasteiger partial charge in [0.15, 0.2) is 14.9 Å². The summed E-state index contributed by atoms with van der Waals surface area (Å²) in [7, 11) is -3.59. The zero-order valence-electron chi connectivity index (χ0n) is 8.88. The molecule has 1 heterocycles. The predicted molar refractivity (Wildman–Crippen MR) is 58.2 cm³/mol. The first-order chi connectivity index (χ1) is 7.49. The van der Waals surface area contributed by atoms with Crippen LogP contribution in [-0.2, 0) is 9.84 Å². The van der Waals surface area contributed by atoms with Crippen molar-refractivity contribution in [2.75, 3.05) is 5.75 Å². The monoisotopic (exact) mass is 243 g/mol. The van der Waals surface area contributed by atoms with Gasteiger partial charge in [0.1, 0.15) is 0 Å². The Hall–Kier alpha value is -1.43. The second kappa shape index (κ2) is 5.07. The standard InChI is InChI=1S/C10H13NO4S/c1-2-3-7-16(14,15)9-8(10(12)13)5-4-6-11-9/h4-6H,2-3,7H2,1H3,(H,12,13). The number of aromatic carboxylic acids is 1. The summed E-state index contributed by atoms with van der Waals surface area (Å²) < 4.78 is 23.6. The van der Waals surface area contributed by atoms with Crippen molar-refractivity contribution in [2.45, 2.75) is 24.8 Å². The third-order valence-electron chi connectivity index (χ3n) is 2.06. The minimum absolute atomic E-state index is 0.0687. The van der Waals surface area contributed by atoms with Gasteiger partial charge in [-0.15, -0.1) is 0 Å². The molecule has 16 heavy (non-hydrogen) atoms. The van der Waals surface area contributed by atoms with Crippen LogP contribution in [0.25, 0.3) is 0 Å². The molecule has 0 unspecified atom stereocenters. The van der Waals surface area contributed by atoms with Crippen molar-refractivity contribution in [3.05, 3.63) is 23.9 Å². The summed E-state index contributed by atoms with van der Waals surface area (Å²) in [6.07, 6.45) is 2.51. The molecule has 0 saturated carbocycles. The summed E-state index contributed by atoms with van der Waals surface area (Å²) in [6, 6.07) is 2.65. The zero-order valence-corrected chi connectivity index (χ0v) is 9.70. The van der Waals surface area contributed by atoms with Gasteiger partial charge in [0.05, 0.1) is 11.3 Å². The van der Waals surface area contributed by atoms with Crippen LogP contribution in [-0.4, -0.2) is 30.2 Å². The molecule has 1 rings (SSSR count). The van der Waals surface area contributed by atoms with E-state index < -0.39 is 15.8 Å². The molecule has 0 radical (unpaired) electrons. The van der Waals surface area contributed by atoms with Crippen LogP contribution < -0.4 is 0 Å². The summed E-state index contributed by atoms with van der Waals surface area (Å²) in [5.41, 5.74) is -0.265. The topological polar surface area (TPSA) is 84.3 Å². The van der Waals surface area contributed by atoms with E-state index in [9.17, 15) is 13.2 Å². The van der Waals surface area contributed by atoms with Crippen molar-refractivity contribution in [2.24, 2.45) is 0 Å². The maximum atomic E-state index is 11.8. The van der Waals surface area contributed by atoms with Gasteiger partial charge < -0.3 is 5.11 Å². The lowest BCUT2D eigenvalue weighted by atomic mass is 10.3. The van der Waals surface area contributed by atoms with E-state index in [1.165, 1.54) is 18.3 Å². The number of rotatable bonds is 5.